The normalized spacial score (nSPS) is 11.2. The van der Waals surface area contributed by atoms with Gasteiger partial charge in [-0.3, -0.25) is 14.2 Å². The molecule has 7 heteroatoms. The van der Waals surface area contributed by atoms with Crippen LogP contribution in [0.1, 0.15) is 34.1 Å². The van der Waals surface area contributed by atoms with E-state index in [1.807, 2.05) is 44.2 Å². The average Bonchev–Trinajstić information content (AvgIpc) is 3.19. The number of aromatic nitrogens is 3. The van der Waals surface area contributed by atoms with Crippen LogP contribution in [0, 0.1) is 13.8 Å². The second-order valence-electron chi connectivity index (χ2n) is 8.02. The Balaban J connectivity index is 1.52. The van der Waals surface area contributed by atoms with Gasteiger partial charge in [0, 0.05) is 22.3 Å². The van der Waals surface area contributed by atoms with Crippen molar-refractivity contribution in [1.29, 1.82) is 0 Å². The highest BCUT2D eigenvalue weighted by molar-refractivity contribution is 7.25. The Morgan fingerprint density at radius 3 is 2.64 bits per heavy atom. The molecule has 0 unspecified atom stereocenters. The van der Waals surface area contributed by atoms with Crippen LogP contribution < -0.4 is 10.9 Å². The first-order valence-electron chi connectivity index (χ1n) is 10.7. The van der Waals surface area contributed by atoms with E-state index < -0.39 is 0 Å². The van der Waals surface area contributed by atoms with Crippen molar-refractivity contribution in [1.82, 2.24) is 14.5 Å². The van der Waals surface area contributed by atoms with Crippen LogP contribution in [-0.2, 0) is 6.42 Å². The molecule has 3 heterocycles. The van der Waals surface area contributed by atoms with E-state index in [0.29, 0.717) is 21.5 Å². The highest BCUT2D eigenvalue weighted by Gasteiger charge is 2.16. The number of carbonyl (C=O) groups excluding carboxylic acids is 1. The van der Waals surface area contributed by atoms with Crippen LogP contribution in [0.4, 0.5) is 5.69 Å². The number of fused-ring (bicyclic) bond motifs is 3. The first-order valence-corrected chi connectivity index (χ1v) is 11.5. The summed E-state index contributed by atoms with van der Waals surface area (Å²) < 4.78 is 2.03. The van der Waals surface area contributed by atoms with Crippen LogP contribution in [-0.4, -0.2) is 20.4 Å². The largest absolute Gasteiger partial charge is 0.322 e. The third-order valence-electron chi connectivity index (χ3n) is 5.68. The number of carbonyl (C=O) groups is 1. The number of aryl methyl sites for hydroxylation is 3. The van der Waals surface area contributed by atoms with E-state index in [1.165, 1.54) is 27.8 Å². The van der Waals surface area contributed by atoms with Crippen molar-refractivity contribution in [2.75, 3.05) is 5.32 Å². The number of thiophene rings is 1. The number of amides is 1. The fourth-order valence-corrected chi connectivity index (χ4v) is 5.16. The molecule has 5 aromatic rings. The second-order valence-corrected chi connectivity index (χ2v) is 9.01. The molecule has 1 N–H and O–H groups in total. The maximum Gasteiger partial charge on any atom is 0.275 e. The molecular weight excluding hydrogens is 432 g/mol. The second kappa shape index (κ2) is 8.26. The monoisotopic (exact) mass is 454 g/mol. The van der Waals surface area contributed by atoms with E-state index >= 15 is 0 Å². The quantitative estimate of drug-likeness (QED) is 0.393. The summed E-state index contributed by atoms with van der Waals surface area (Å²) >= 11 is 1.35. The number of pyridine rings is 1. The van der Waals surface area contributed by atoms with Crippen molar-refractivity contribution in [2.45, 2.75) is 27.2 Å². The fraction of sp³-hybridized carbons (Fsp3) is 0.154. The number of hydrogen-bond donors (Lipinski definition) is 1. The summed E-state index contributed by atoms with van der Waals surface area (Å²) in [5, 5.41) is 3.84. The SMILES string of the molecule is CCc1ccc(NC(=O)c2cccc(-n3cnc4c(sc5nc(C)cc(C)c54)c3=O)c2)cc1. The number of nitrogens with one attached hydrogen (secondary N) is 1. The Hall–Kier alpha value is -3.84. The lowest BCUT2D eigenvalue weighted by Gasteiger charge is -2.09. The summed E-state index contributed by atoms with van der Waals surface area (Å²) in [4.78, 5) is 36.1. The number of nitrogens with zero attached hydrogens (tertiary/aromatic N) is 3. The van der Waals surface area contributed by atoms with Gasteiger partial charge in [0.1, 0.15) is 15.9 Å². The molecule has 2 aromatic carbocycles. The van der Waals surface area contributed by atoms with Crippen LogP contribution in [0.5, 0.6) is 0 Å². The lowest BCUT2D eigenvalue weighted by molar-refractivity contribution is 0.102. The van der Waals surface area contributed by atoms with Crippen molar-refractivity contribution in [2.24, 2.45) is 0 Å². The minimum absolute atomic E-state index is 0.173. The van der Waals surface area contributed by atoms with Crippen molar-refractivity contribution >= 4 is 43.4 Å². The first-order chi connectivity index (χ1) is 15.9. The van der Waals surface area contributed by atoms with Crippen LogP contribution >= 0.6 is 11.3 Å². The topological polar surface area (TPSA) is 76.9 Å². The molecule has 0 saturated carbocycles. The Morgan fingerprint density at radius 1 is 1.09 bits per heavy atom. The van der Waals surface area contributed by atoms with Gasteiger partial charge in [0.05, 0.1) is 11.2 Å². The van der Waals surface area contributed by atoms with Crippen LogP contribution in [0.25, 0.3) is 26.1 Å². The Labute approximate surface area is 194 Å². The maximum absolute atomic E-state index is 13.3. The van der Waals surface area contributed by atoms with E-state index in [0.717, 1.165) is 33.6 Å². The summed E-state index contributed by atoms with van der Waals surface area (Å²) in [6, 6.07) is 16.8. The predicted molar refractivity (Wildman–Crippen MR) is 134 cm³/mol. The van der Waals surface area contributed by atoms with Gasteiger partial charge in [0.2, 0.25) is 0 Å². The van der Waals surface area contributed by atoms with Crippen LogP contribution in [0.3, 0.4) is 0 Å². The molecule has 0 fully saturated rings. The summed E-state index contributed by atoms with van der Waals surface area (Å²) in [5.41, 5.74) is 5.45. The molecule has 0 aliphatic heterocycles. The number of rotatable bonds is 4. The standard InChI is InChI=1S/C26H22N4O2S/c1-4-17-8-10-19(11-9-17)29-24(31)18-6-5-7-20(13-18)30-14-27-22-21-15(2)12-16(3)28-25(21)33-23(22)26(30)32/h5-14H,4H2,1-3H3,(H,29,31). The predicted octanol–water partition coefficient (Wildman–Crippen LogP) is 5.43. The van der Waals surface area contributed by atoms with E-state index in [4.69, 9.17) is 0 Å². The molecule has 0 bridgehead atoms. The zero-order valence-electron chi connectivity index (χ0n) is 18.5. The van der Waals surface area contributed by atoms with Gasteiger partial charge >= 0.3 is 0 Å². The van der Waals surface area contributed by atoms with E-state index in [1.54, 1.807) is 24.3 Å². The molecule has 0 atom stereocenters. The molecule has 0 saturated heterocycles. The molecule has 0 spiro atoms. The zero-order chi connectivity index (χ0) is 23.1. The molecule has 0 aliphatic rings. The molecule has 5 rings (SSSR count). The first kappa shape index (κ1) is 21.0. The smallest absolute Gasteiger partial charge is 0.275 e. The highest BCUT2D eigenvalue weighted by atomic mass is 32.1. The Bertz CT molecular complexity index is 1580. The maximum atomic E-state index is 13.3. The molecule has 0 radical (unpaired) electrons. The molecule has 3 aromatic heterocycles. The van der Waals surface area contributed by atoms with Gasteiger partial charge in [-0.05, 0) is 67.8 Å². The summed E-state index contributed by atoms with van der Waals surface area (Å²) in [6.45, 7) is 6.04. The number of anilines is 1. The Morgan fingerprint density at radius 2 is 1.88 bits per heavy atom. The van der Waals surface area contributed by atoms with Gasteiger partial charge in [-0.25, -0.2) is 9.97 Å². The number of benzene rings is 2. The van der Waals surface area contributed by atoms with Crippen molar-refractivity contribution in [3.05, 3.63) is 93.7 Å². The third kappa shape index (κ3) is 3.81. The number of hydrogen-bond acceptors (Lipinski definition) is 5. The molecule has 33 heavy (non-hydrogen) atoms. The van der Waals surface area contributed by atoms with Crippen molar-refractivity contribution < 1.29 is 4.79 Å². The fourth-order valence-electron chi connectivity index (χ4n) is 3.98. The average molecular weight is 455 g/mol. The van der Waals surface area contributed by atoms with Gasteiger partial charge in [-0.15, -0.1) is 11.3 Å². The molecule has 0 aliphatic carbocycles. The van der Waals surface area contributed by atoms with E-state index in [2.05, 4.69) is 22.2 Å². The lowest BCUT2D eigenvalue weighted by Crippen LogP contribution is -2.19. The lowest BCUT2D eigenvalue weighted by atomic mass is 10.1. The van der Waals surface area contributed by atoms with Crippen LogP contribution in [0.2, 0.25) is 0 Å². The molecule has 6 nitrogen and oxygen atoms in total. The van der Waals surface area contributed by atoms with Gasteiger partial charge in [-0.2, -0.15) is 0 Å². The van der Waals surface area contributed by atoms with E-state index in [-0.39, 0.29) is 11.5 Å². The summed E-state index contributed by atoms with van der Waals surface area (Å²) in [6.07, 6.45) is 2.47. The molecular formula is C26H22N4O2S. The Kier molecular flexibility index (Phi) is 5.26. The van der Waals surface area contributed by atoms with Crippen molar-refractivity contribution in [3.63, 3.8) is 0 Å². The molecule has 164 valence electrons. The zero-order valence-corrected chi connectivity index (χ0v) is 19.4. The van der Waals surface area contributed by atoms with Gasteiger partial charge < -0.3 is 5.32 Å². The summed E-state index contributed by atoms with van der Waals surface area (Å²) in [7, 11) is 0. The van der Waals surface area contributed by atoms with Gasteiger partial charge in [0.25, 0.3) is 11.5 Å². The minimum atomic E-state index is -0.236. The van der Waals surface area contributed by atoms with E-state index in [9.17, 15) is 9.59 Å². The minimum Gasteiger partial charge on any atom is -0.322 e. The van der Waals surface area contributed by atoms with Crippen LogP contribution in [0.15, 0.2) is 65.7 Å². The summed E-state index contributed by atoms with van der Waals surface area (Å²) in [5.74, 6) is -0.236. The molecule has 1 amide bonds. The van der Waals surface area contributed by atoms with Gasteiger partial charge in [0.15, 0.2) is 0 Å². The highest BCUT2D eigenvalue weighted by Crippen LogP contribution is 2.32. The third-order valence-corrected chi connectivity index (χ3v) is 6.74. The van der Waals surface area contributed by atoms with Gasteiger partial charge in [-0.1, -0.05) is 25.1 Å². The van der Waals surface area contributed by atoms with Crippen molar-refractivity contribution in [3.8, 4) is 5.69 Å².